The van der Waals surface area contributed by atoms with Gasteiger partial charge in [0.05, 0.1) is 0 Å². The largest absolute Gasteiger partial charge is 0.362 e. The predicted molar refractivity (Wildman–Crippen MR) is 86.9 cm³/mol. The van der Waals surface area contributed by atoms with Gasteiger partial charge in [0.2, 0.25) is 0 Å². The molecule has 0 spiro atoms. The van der Waals surface area contributed by atoms with E-state index in [0.29, 0.717) is 16.7 Å². The molecule has 0 aromatic carbocycles. The summed E-state index contributed by atoms with van der Waals surface area (Å²) in [5.41, 5.74) is 0.507. The standard InChI is InChI=1S/C16H30N2S/c1-12(2)10-16(7-5-6-8-16)11-17-15-18-13(3)9-14(4)19-15/h12-14H,5-11H2,1-4H3,(H,17,18). The maximum absolute atomic E-state index is 4.96. The minimum absolute atomic E-state index is 0.507. The molecule has 19 heavy (non-hydrogen) atoms. The molecule has 110 valence electrons. The van der Waals surface area contributed by atoms with E-state index in [1.807, 2.05) is 11.8 Å². The van der Waals surface area contributed by atoms with Crippen LogP contribution in [0.25, 0.3) is 0 Å². The zero-order valence-electron chi connectivity index (χ0n) is 13.0. The van der Waals surface area contributed by atoms with Crippen LogP contribution in [0.1, 0.15) is 66.2 Å². The second kappa shape index (κ2) is 6.51. The Bertz CT molecular complexity index is 307. The number of rotatable bonds is 4. The molecule has 3 heteroatoms. The first kappa shape index (κ1) is 15.2. The van der Waals surface area contributed by atoms with Gasteiger partial charge in [-0.3, -0.25) is 4.99 Å². The van der Waals surface area contributed by atoms with Gasteiger partial charge in [0.25, 0.3) is 0 Å². The van der Waals surface area contributed by atoms with Gasteiger partial charge >= 0.3 is 0 Å². The van der Waals surface area contributed by atoms with E-state index in [0.717, 1.165) is 12.5 Å². The molecule has 2 unspecified atom stereocenters. The third kappa shape index (κ3) is 4.40. The van der Waals surface area contributed by atoms with Crippen LogP contribution in [-0.4, -0.2) is 23.0 Å². The Morgan fingerprint density at radius 1 is 1.32 bits per heavy atom. The van der Waals surface area contributed by atoms with Crippen LogP contribution in [-0.2, 0) is 0 Å². The Labute approximate surface area is 123 Å². The summed E-state index contributed by atoms with van der Waals surface area (Å²) in [6, 6.07) is 0.583. The van der Waals surface area contributed by atoms with Crippen molar-refractivity contribution < 1.29 is 0 Å². The Morgan fingerprint density at radius 3 is 2.58 bits per heavy atom. The van der Waals surface area contributed by atoms with Gasteiger partial charge in [-0.2, -0.15) is 0 Å². The number of aliphatic imine (C=N–C) groups is 1. The van der Waals surface area contributed by atoms with Crippen LogP contribution < -0.4 is 5.32 Å². The number of thioether (sulfide) groups is 1. The van der Waals surface area contributed by atoms with Gasteiger partial charge in [-0.05, 0) is 43.9 Å². The average Bonchev–Trinajstić information content (AvgIpc) is 2.73. The maximum atomic E-state index is 4.96. The third-order valence-electron chi connectivity index (χ3n) is 4.43. The normalized spacial score (nSPS) is 32.8. The third-order valence-corrected chi connectivity index (χ3v) is 5.50. The molecule has 2 rings (SSSR count). The van der Waals surface area contributed by atoms with Crippen molar-refractivity contribution in [3.63, 3.8) is 0 Å². The first-order chi connectivity index (χ1) is 8.99. The number of nitrogens with one attached hydrogen (secondary N) is 1. The molecular weight excluding hydrogens is 252 g/mol. The van der Waals surface area contributed by atoms with Crippen LogP contribution in [0.2, 0.25) is 0 Å². The summed E-state index contributed by atoms with van der Waals surface area (Å²) in [6.07, 6.45) is 8.19. The molecule has 2 fully saturated rings. The van der Waals surface area contributed by atoms with E-state index in [1.165, 1.54) is 43.7 Å². The van der Waals surface area contributed by atoms with Crippen LogP contribution in [0.5, 0.6) is 0 Å². The lowest BCUT2D eigenvalue weighted by molar-refractivity contribution is 0.245. The van der Waals surface area contributed by atoms with Crippen molar-refractivity contribution in [2.45, 2.75) is 77.5 Å². The monoisotopic (exact) mass is 282 g/mol. The van der Waals surface area contributed by atoms with Gasteiger partial charge in [-0.1, -0.05) is 45.4 Å². The quantitative estimate of drug-likeness (QED) is 0.823. The summed E-state index contributed by atoms with van der Waals surface area (Å²) in [4.78, 5) is 4.96. The van der Waals surface area contributed by atoms with E-state index >= 15 is 0 Å². The summed E-state index contributed by atoms with van der Waals surface area (Å²) in [7, 11) is 0. The van der Waals surface area contributed by atoms with E-state index in [-0.39, 0.29) is 0 Å². The van der Waals surface area contributed by atoms with Crippen LogP contribution in [0.15, 0.2) is 4.99 Å². The minimum Gasteiger partial charge on any atom is -0.362 e. The lowest BCUT2D eigenvalue weighted by atomic mass is 9.79. The molecular formula is C16H30N2S. The van der Waals surface area contributed by atoms with Crippen molar-refractivity contribution in [2.24, 2.45) is 16.3 Å². The number of hydrogen-bond acceptors (Lipinski definition) is 2. The molecule has 1 saturated heterocycles. The highest BCUT2D eigenvalue weighted by molar-refractivity contribution is 8.14. The molecule has 0 amide bonds. The van der Waals surface area contributed by atoms with E-state index in [9.17, 15) is 0 Å². The van der Waals surface area contributed by atoms with Gasteiger partial charge in [-0.15, -0.1) is 0 Å². The SMILES string of the molecule is CC(C)CC1(CN=C2NC(C)CC(C)S2)CCCC1. The highest BCUT2D eigenvalue weighted by Gasteiger charge is 2.34. The molecule has 0 aromatic heterocycles. The molecule has 0 aromatic rings. The fraction of sp³-hybridized carbons (Fsp3) is 0.938. The summed E-state index contributed by atoms with van der Waals surface area (Å²) in [5.74, 6) is 0.795. The minimum atomic E-state index is 0.507. The molecule has 0 bridgehead atoms. The first-order valence-electron chi connectivity index (χ1n) is 7.97. The zero-order chi connectivity index (χ0) is 13.9. The molecule has 1 aliphatic heterocycles. The van der Waals surface area contributed by atoms with Gasteiger partial charge in [0.15, 0.2) is 5.17 Å². The van der Waals surface area contributed by atoms with Gasteiger partial charge in [0.1, 0.15) is 0 Å². The number of hydrogen-bond donors (Lipinski definition) is 1. The summed E-state index contributed by atoms with van der Waals surface area (Å²) < 4.78 is 0. The van der Waals surface area contributed by atoms with E-state index in [4.69, 9.17) is 4.99 Å². The summed E-state index contributed by atoms with van der Waals surface area (Å²) in [5, 5.41) is 5.46. The van der Waals surface area contributed by atoms with E-state index in [1.54, 1.807) is 0 Å². The molecule has 2 nitrogen and oxygen atoms in total. The average molecular weight is 282 g/mol. The van der Waals surface area contributed by atoms with Crippen molar-refractivity contribution in [2.75, 3.05) is 6.54 Å². The highest BCUT2D eigenvalue weighted by atomic mass is 32.2. The number of amidine groups is 1. The Kier molecular flexibility index (Phi) is 5.22. The maximum Gasteiger partial charge on any atom is 0.157 e. The van der Waals surface area contributed by atoms with Crippen molar-refractivity contribution in [1.82, 2.24) is 5.32 Å². The van der Waals surface area contributed by atoms with Gasteiger partial charge in [-0.25, -0.2) is 0 Å². The molecule has 2 aliphatic rings. The molecule has 1 heterocycles. The van der Waals surface area contributed by atoms with Crippen LogP contribution in [0.4, 0.5) is 0 Å². The zero-order valence-corrected chi connectivity index (χ0v) is 13.9. The van der Waals surface area contributed by atoms with Crippen molar-refractivity contribution in [1.29, 1.82) is 0 Å². The second-order valence-electron chi connectivity index (χ2n) is 7.14. The van der Waals surface area contributed by atoms with Crippen LogP contribution in [0, 0.1) is 11.3 Å². The molecule has 1 N–H and O–H groups in total. The fourth-order valence-corrected chi connectivity index (χ4v) is 4.95. The molecule has 1 saturated carbocycles. The Hall–Kier alpha value is -0.180. The summed E-state index contributed by atoms with van der Waals surface area (Å²) >= 11 is 1.93. The van der Waals surface area contributed by atoms with Crippen molar-refractivity contribution in [3.05, 3.63) is 0 Å². The van der Waals surface area contributed by atoms with Crippen molar-refractivity contribution in [3.8, 4) is 0 Å². The van der Waals surface area contributed by atoms with Crippen molar-refractivity contribution >= 4 is 16.9 Å². The fourth-order valence-electron chi connectivity index (χ4n) is 3.78. The van der Waals surface area contributed by atoms with Gasteiger partial charge < -0.3 is 5.32 Å². The number of nitrogens with zero attached hydrogens (tertiary/aromatic N) is 1. The topological polar surface area (TPSA) is 24.4 Å². The Balaban J connectivity index is 1.97. The highest BCUT2D eigenvalue weighted by Crippen LogP contribution is 2.43. The Morgan fingerprint density at radius 2 is 2.00 bits per heavy atom. The van der Waals surface area contributed by atoms with Gasteiger partial charge in [0, 0.05) is 17.8 Å². The second-order valence-corrected chi connectivity index (χ2v) is 8.56. The molecule has 1 aliphatic carbocycles. The lowest BCUT2D eigenvalue weighted by Gasteiger charge is -2.31. The molecule has 2 atom stereocenters. The van der Waals surface area contributed by atoms with Crippen LogP contribution >= 0.6 is 11.8 Å². The lowest BCUT2D eigenvalue weighted by Crippen LogP contribution is -2.39. The smallest absolute Gasteiger partial charge is 0.157 e. The van der Waals surface area contributed by atoms with E-state index in [2.05, 4.69) is 33.0 Å². The first-order valence-corrected chi connectivity index (χ1v) is 8.85. The summed E-state index contributed by atoms with van der Waals surface area (Å²) in [6.45, 7) is 10.3. The van der Waals surface area contributed by atoms with E-state index < -0.39 is 0 Å². The predicted octanol–water partition coefficient (Wildman–Crippen LogP) is 4.45. The van der Waals surface area contributed by atoms with Crippen LogP contribution in [0.3, 0.4) is 0 Å². The molecule has 0 radical (unpaired) electrons.